The zero-order valence-electron chi connectivity index (χ0n) is 17.4. The lowest BCUT2D eigenvalue weighted by molar-refractivity contribution is 0.311. The first-order chi connectivity index (χ1) is 15.3. The van der Waals surface area contributed by atoms with Crippen molar-refractivity contribution in [3.63, 3.8) is 0 Å². The summed E-state index contributed by atoms with van der Waals surface area (Å²) in [5, 5.41) is 0. The van der Waals surface area contributed by atoms with Gasteiger partial charge in [-0.1, -0.05) is 36.4 Å². The van der Waals surface area contributed by atoms with Crippen LogP contribution in [0.1, 0.15) is 0 Å². The molecule has 156 valence electrons. The monoisotopic (exact) mass is 412 g/mol. The van der Waals surface area contributed by atoms with Gasteiger partial charge in [0.1, 0.15) is 6.33 Å². The number of imidazole rings is 1. The quantitative estimate of drug-likeness (QED) is 0.498. The Bertz CT molecular complexity index is 1070. The van der Waals surface area contributed by atoms with Crippen LogP contribution in [0, 0.1) is 0 Å². The predicted octanol–water partition coefficient (Wildman–Crippen LogP) is 3.28. The van der Waals surface area contributed by atoms with Crippen molar-refractivity contribution < 1.29 is 0 Å². The fraction of sp³-hybridized carbons (Fsp3) is 0.217. The maximum Gasteiger partial charge on any atom is 0.241 e. The average molecular weight is 413 g/mol. The minimum atomic E-state index is 0.549. The SMILES string of the molecule is CN1CCN(c2nc(N(c3ccccc3)c3ccccc3)nc(-n3ccnc3)n2)CC1. The number of anilines is 4. The Morgan fingerprint density at radius 3 is 1.94 bits per heavy atom. The Morgan fingerprint density at radius 1 is 0.742 bits per heavy atom. The van der Waals surface area contributed by atoms with Gasteiger partial charge in [-0.25, -0.2) is 4.98 Å². The summed E-state index contributed by atoms with van der Waals surface area (Å²) in [5.74, 6) is 1.80. The highest BCUT2D eigenvalue weighted by molar-refractivity contribution is 5.73. The summed E-state index contributed by atoms with van der Waals surface area (Å²) in [6, 6.07) is 20.3. The van der Waals surface area contributed by atoms with Crippen LogP contribution >= 0.6 is 0 Å². The predicted molar refractivity (Wildman–Crippen MR) is 121 cm³/mol. The van der Waals surface area contributed by atoms with Crippen LogP contribution in [0.15, 0.2) is 79.4 Å². The highest BCUT2D eigenvalue weighted by Gasteiger charge is 2.22. The third-order valence-electron chi connectivity index (χ3n) is 5.35. The second kappa shape index (κ2) is 8.53. The maximum absolute atomic E-state index is 4.92. The number of hydrogen-bond donors (Lipinski definition) is 0. The molecule has 0 unspecified atom stereocenters. The Hall–Kier alpha value is -3.78. The Balaban J connectivity index is 1.65. The number of hydrogen-bond acceptors (Lipinski definition) is 7. The van der Waals surface area contributed by atoms with Crippen molar-refractivity contribution in [2.24, 2.45) is 0 Å². The third kappa shape index (κ3) is 4.10. The molecule has 1 aliphatic heterocycles. The Labute approximate surface area is 181 Å². The van der Waals surface area contributed by atoms with Crippen LogP contribution in [0.5, 0.6) is 0 Å². The number of para-hydroxylation sites is 2. The van der Waals surface area contributed by atoms with Crippen molar-refractivity contribution >= 4 is 23.3 Å². The van der Waals surface area contributed by atoms with E-state index in [9.17, 15) is 0 Å². The summed E-state index contributed by atoms with van der Waals surface area (Å²) >= 11 is 0. The van der Waals surface area contributed by atoms with Crippen LogP contribution in [0.4, 0.5) is 23.3 Å². The second-order valence-corrected chi connectivity index (χ2v) is 7.50. The summed E-state index contributed by atoms with van der Waals surface area (Å²) in [6.07, 6.45) is 5.29. The van der Waals surface area contributed by atoms with E-state index >= 15 is 0 Å². The number of piperazine rings is 1. The zero-order valence-corrected chi connectivity index (χ0v) is 17.4. The smallest absolute Gasteiger partial charge is 0.241 e. The molecule has 2 aromatic heterocycles. The topological polar surface area (TPSA) is 66.2 Å². The first-order valence-corrected chi connectivity index (χ1v) is 10.4. The molecule has 0 radical (unpaired) electrons. The van der Waals surface area contributed by atoms with Crippen molar-refractivity contribution in [3.05, 3.63) is 79.4 Å². The van der Waals surface area contributed by atoms with E-state index in [0.717, 1.165) is 37.6 Å². The first kappa shape index (κ1) is 19.2. The highest BCUT2D eigenvalue weighted by Crippen LogP contribution is 2.32. The highest BCUT2D eigenvalue weighted by atomic mass is 15.4. The van der Waals surface area contributed by atoms with E-state index in [-0.39, 0.29) is 0 Å². The Kier molecular flexibility index (Phi) is 5.28. The largest absolute Gasteiger partial charge is 0.338 e. The van der Waals surface area contributed by atoms with E-state index in [1.165, 1.54) is 0 Å². The standard InChI is InChI=1S/C23H24N8/c1-28-14-16-29(17-15-28)21-25-22(30-13-12-24-18-30)27-23(26-21)31(19-8-4-2-5-9-19)20-10-6-3-7-11-20/h2-13,18H,14-17H2,1H3. The average Bonchev–Trinajstić information content (AvgIpc) is 3.36. The lowest BCUT2D eigenvalue weighted by atomic mass is 10.2. The maximum atomic E-state index is 4.92. The second-order valence-electron chi connectivity index (χ2n) is 7.50. The number of aromatic nitrogens is 5. The van der Waals surface area contributed by atoms with Gasteiger partial charge in [-0.3, -0.25) is 9.47 Å². The fourth-order valence-electron chi connectivity index (χ4n) is 3.62. The van der Waals surface area contributed by atoms with Crippen LogP contribution < -0.4 is 9.80 Å². The molecular weight excluding hydrogens is 388 g/mol. The lowest BCUT2D eigenvalue weighted by Gasteiger charge is -2.33. The lowest BCUT2D eigenvalue weighted by Crippen LogP contribution is -2.45. The summed E-state index contributed by atoms with van der Waals surface area (Å²) in [5.41, 5.74) is 1.97. The zero-order chi connectivity index (χ0) is 21.0. The van der Waals surface area contributed by atoms with Gasteiger partial charge in [0.25, 0.3) is 0 Å². The summed E-state index contributed by atoms with van der Waals surface area (Å²) in [6.45, 7) is 3.70. The van der Waals surface area contributed by atoms with E-state index in [1.54, 1.807) is 12.5 Å². The molecule has 1 fully saturated rings. The molecule has 3 heterocycles. The normalized spacial score (nSPS) is 14.5. The summed E-state index contributed by atoms with van der Waals surface area (Å²) < 4.78 is 1.82. The van der Waals surface area contributed by atoms with Crippen LogP contribution in [-0.2, 0) is 0 Å². The molecule has 0 atom stereocenters. The molecule has 31 heavy (non-hydrogen) atoms. The molecule has 4 aromatic rings. The van der Waals surface area contributed by atoms with Gasteiger partial charge in [-0.2, -0.15) is 15.0 Å². The molecule has 0 spiro atoms. The van der Waals surface area contributed by atoms with Crippen molar-refractivity contribution in [3.8, 4) is 5.95 Å². The van der Waals surface area contributed by atoms with E-state index in [4.69, 9.17) is 15.0 Å². The van der Waals surface area contributed by atoms with Gasteiger partial charge < -0.3 is 9.80 Å². The molecule has 0 N–H and O–H groups in total. The number of rotatable bonds is 5. The molecule has 2 aromatic carbocycles. The van der Waals surface area contributed by atoms with Gasteiger partial charge in [0.2, 0.25) is 17.8 Å². The minimum absolute atomic E-state index is 0.549. The summed E-state index contributed by atoms with van der Waals surface area (Å²) in [7, 11) is 2.14. The molecule has 8 nitrogen and oxygen atoms in total. The number of nitrogens with zero attached hydrogens (tertiary/aromatic N) is 8. The van der Waals surface area contributed by atoms with Gasteiger partial charge in [0.15, 0.2) is 0 Å². The van der Waals surface area contributed by atoms with Crippen LogP contribution in [0.25, 0.3) is 5.95 Å². The van der Waals surface area contributed by atoms with Crippen LogP contribution in [-0.4, -0.2) is 62.6 Å². The minimum Gasteiger partial charge on any atom is -0.338 e. The van der Waals surface area contributed by atoms with Gasteiger partial charge in [-0.15, -0.1) is 0 Å². The molecule has 0 bridgehead atoms. The van der Waals surface area contributed by atoms with E-state index < -0.39 is 0 Å². The molecule has 1 aliphatic rings. The van der Waals surface area contributed by atoms with E-state index in [2.05, 4.69) is 51.0 Å². The van der Waals surface area contributed by atoms with Gasteiger partial charge >= 0.3 is 0 Å². The molecule has 5 rings (SSSR count). The molecule has 0 saturated carbocycles. The first-order valence-electron chi connectivity index (χ1n) is 10.4. The fourth-order valence-corrected chi connectivity index (χ4v) is 3.62. The molecule has 0 amide bonds. The molecule has 0 aliphatic carbocycles. The van der Waals surface area contributed by atoms with Crippen molar-refractivity contribution in [2.75, 3.05) is 43.0 Å². The number of likely N-dealkylation sites (N-methyl/N-ethyl adjacent to an activating group) is 1. The number of benzene rings is 2. The van der Waals surface area contributed by atoms with Crippen molar-refractivity contribution in [1.29, 1.82) is 0 Å². The third-order valence-corrected chi connectivity index (χ3v) is 5.35. The van der Waals surface area contributed by atoms with E-state index in [1.807, 2.05) is 47.2 Å². The van der Waals surface area contributed by atoms with Crippen LogP contribution in [0.3, 0.4) is 0 Å². The molecule has 1 saturated heterocycles. The van der Waals surface area contributed by atoms with Gasteiger partial charge in [0.05, 0.1) is 0 Å². The van der Waals surface area contributed by atoms with Gasteiger partial charge in [-0.05, 0) is 31.3 Å². The molecular formula is C23H24N8. The van der Waals surface area contributed by atoms with Crippen molar-refractivity contribution in [2.45, 2.75) is 0 Å². The van der Waals surface area contributed by atoms with Crippen molar-refractivity contribution in [1.82, 2.24) is 29.4 Å². The Morgan fingerprint density at radius 2 is 1.35 bits per heavy atom. The van der Waals surface area contributed by atoms with Gasteiger partial charge in [0, 0.05) is 49.9 Å². The van der Waals surface area contributed by atoms with Crippen LogP contribution in [0.2, 0.25) is 0 Å². The van der Waals surface area contributed by atoms with E-state index in [0.29, 0.717) is 17.8 Å². The summed E-state index contributed by atoms with van der Waals surface area (Å²) in [4.78, 5) is 25.3. The molecule has 8 heteroatoms.